The normalized spacial score (nSPS) is 25.1. The lowest BCUT2D eigenvalue weighted by atomic mass is 9.96. The van der Waals surface area contributed by atoms with E-state index in [0.29, 0.717) is 6.42 Å². The van der Waals surface area contributed by atoms with E-state index in [-0.39, 0.29) is 87.5 Å². The number of nitrogens with one attached hydrogen (secondary N) is 4. The highest BCUT2D eigenvalue weighted by Gasteiger charge is 2.42. The van der Waals surface area contributed by atoms with Crippen LogP contribution in [0.5, 0.6) is 0 Å². The summed E-state index contributed by atoms with van der Waals surface area (Å²) in [5.41, 5.74) is 5.52. The Bertz CT molecular complexity index is 2290. The predicted molar refractivity (Wildman–Crippen MR) is 323 cm³/mol. The standard InChI is InChI=1S/C60H108N12O13/c1-21-22-42-57(82)66(15)32-49(75)67(16)43(27-34(2)3)55(80)65-51(39(12)13)60(85)70(19)45(29-36(6)7)53(78)63-41(23-24-48(61)74)52(77)62-40(14)56(81)71(20)47(31-38(10)11)59(84)72(25-26-73)33-50(76)68(17)46(30-37(8)9)58(83)69(18)44(28-35(4)5)54(79)64-42/h34-47,51,73H,21-33H2,1-20H3,(H2,61,74)(H,62,77)(H,63,78)(H,64,79)(H,65,80)/t40-,41-,42+,43+,44+,45+,46+,47+,51+/m1/s1. The van der Waals surface area contributed by atoms with Gasteiger partial charge in [-0.15, -0.1) is 0 Å². The minimum absolute atomic E-state index is 0.0725. The highest BCUT2D eigenvalue weighted by atomic mass is 16.3. The van der Waals surface area contributed by atoms with Crippen LogP contribution in [0.15, 0.2) is 0 Å². The lowest BCUT2D eigenvalue weighted by Gasteiger charge is -2.38. The molecule has 0 saturated carbocycles. The van der Waals surface area contributed by atoms with E-state index in [1.54, 1.807) is 13.8 Å². The number of primary amides is 1. The van der Waals surface area contributed by atoms with Crippen LogP contribution in [0.3, 0.4) is 0 Å². The van der Waals surface area contributed by atoms with Crippen molar-refractivity contribution in [3.05, 3.63) is 0 Å². The van der Waals surface area contributed by atoms with Crippen LogP contribution in [-0.2, 0) is 57.5 Å². The van der Waals surface area contributed by atoms with Crippen LogP contribution in [0.1, 0.15) is 155 Å². The fourth-order valence-electron chi connectivity index (χ4n) is 10.3. The van der Waals surface area contributed by atoms with Gasteiger partial charge in [-0.3, -0.25) is 57.5 Å². The molecule has 0 bridgehead atoms. The maximum atomic E-state index is 14.8. The average molecular weight is 1210 g/mol. The molecule has 0 unspecified atom stereocenters. The third-order valence-electron chi connectivity index (χ3n) is 15.3. The summed E-state index contributed by atoms with van der Waals surface area (Å²) in [4.78, 5) is 180. The van der Waals surface area contributed by atoms with Crippen molar-refractivity contribution >= 4 is 70.9 Å². The molecule has 9 atom stereocenters. The van der Waals surface area contributed by atoms with Crippen molar-refractivity contribution in [2.75, 3.05) is 68.5 Å². The summed E-state index contributed by atoms with van der Waals surface area (Å²) in [5, 5.41) is 21.3. The van der Waals surface area contributed by atoms with Crippen LogP contribution in [0.4, 0.5) is 0 Å². The minimum atomic E-state index is -1.48. The number of amides is 12. The molecule has 486 valence electrons. The molecule has 1 saturated heterocycles. The van der Waals surface area contributed by atoms with Crippen molar-refractivity contribution in [3.8, 4) is 0 Å². The molecule has 85 heavy (non-hydrogen) atoms. The first-order valence-electron chi connectivity index (χ1n) is 30.3. The second-order valence-electron chi connectivity index (χ2n) is 25.6. The van der Waals surface area contributed by atoms with Crippen LogP contribution in [-0.4, -0.2) is 233 Å². The topological polar surface area (TPSA) is 322 Å². The Labute approximate surface area is 506 Å². The molecule has 0 aromatic heterocycles. The number of carbonyl (C=O) groups excluding carboxylic acids is 12. The van der Waals surface area contributed by atoms with Gasteiger partial charge in [-0.05, 0) is 87.4 Å². The number of nitrogens with two attached hydrogens (primary N) is 1. The summed E-state index contributed by atoms with van der Waals surface area (Å²) in [7, 11) is 8.42. The number of likely N-dealkylation sites (N-methyl/N-ethyl adjacent to an activating group) is 6. The van der Waals surface area contributed by atoms with Gasteiger partial charge in [0.05, 0.1) is 19.7 Å². The quantitative estimate of drug-likeness (QED) is 0.113. The van der Waals surface area contributed by atoms with E-state index >= 15 is 0 Å². The summed E-state index contributed by atoms with van der Waals surface area (Å²) >= 11 is 0. The Morgan fingerprint density at radius 2 is 0.871 bits per heavy atom. The van der Waals surface area contributed by atoms with Crippen molar-refractivity contribution in [1.82, 2.24) is 55.6 Å². The van der Waals surface area contributed by atoms with Crippen molar-refractivity contribution in [2.24, 2.45) is 41.2 Å². The molecule has 0 aromatic rings. The zero-order chi connectivity index (χ0) is 65.7. The zero-order valence-electron chi connectivity index (χ0n) is 54.9. The monoisotopic (exact) mass is 1200 g/mol. The van der Waals surface area contributed by atoms with E-state index in [0.717, 1.165) is 14.7 Å². The Morgan fingerprint density at radius 1 is 0.482 bits per heavy atom. The molecule has 0 radical (unpaired) electrons. The molecule has 1 fully saturated rings. The molecule has 1 rings (SSSR count). The number of aliphatic hydroxyl groups excluding tert-OH is 1. The minimum Gasteiger partial charge on any atom is -0.395 e. The third-order valence-corrected chi connectivity index (χ3v) is 15.3. The van der Waals surface area contributed by atoms with Crippen LogP contribution >= 0.6 is 0 Å². The van der Waals surface area contributed by atoms with E-state index in [9.17, 15) is 62.6 Å². The first-order chi connectivity index (χ1) is 39.3. The van der Waals surface area contributed by atoms with Gasteiger partial charge >= 0.3 is 0 Å². The van der Waals surface area contributed by atoms with Gasteiger partial charge in [-0.1, -0.05) is 96.4 Å². The first-order valence-corrected chi connectivity index (χ1v) is 30.3. The van der Waals surface area contributed by atoms with Crippen molar-refractivity contribution < 1.29 is 62.6 Å². The average Bonchev–Trinajstić information content (AvgIpc) is 3.58. The van der Waals surface area contributed by atoms with E-state index in [1.807, 2.05) is 76.2 Å². The van der Waals surface area contributed by atoms with Gasteiger partial charge in [0.25, 0.3) is 0 Å². The molecule has 25 heteroatoms. The largest absolute Gasteiger partial charge is 0.395 e. The molecule has 1 heterocycles. The van der Waals surface area contributed by atoms with E-state index < -0.39 is 151 Å². The Morgan fingerprint density at radius 3 is 1.31 bits per heavy atom. The second-order valence-corrected chi connectivity index (χ2v) is 25.6. The van der Waals surface area contributed by atoms with Crippen LogP contribution < -0.4 is 27.0 Å². The van der Waals surface area contributed by atoms with Crippen molar-refractivity contribution in [3.63, 3.8) is 0 Å². The van der Waals surface area contributed by atoms with Gasteiger partial charge in [0.2, 0.25) is 70.9 Å². The van der Waals surface area contributed by atoms with Gasteiger partial charge in [0.1, 0.15) is 54.4 Å². The number of carbonyl (C=O) groups is 12. The lowest BCUT2D eigenvalue weighted by Crippen LogP contribution is -2.61. The summed E-state index contributed by atoms with van der Waals surface area (Å²) in [6.07, 6.45) is 0.488. The van der Waals surface area contributed by atoms with Crippen LogP contribution in [0.25, 0.3) is 0 Å². The third kappa shape index (κ3) is 23.8. The summed E-state index contributed by atoms with van der Waals surface area (Å²) in [6.45, 7) is 22.9. The number of aliphatic hydroxyl groups is 1. The second kappa shape index (κ2) is 35.9. The van der Waals surface area contributed by atoms with Gasteiger partial charge in [0.15, 0.2) is 0 Å². The molecule has 7 N–H and O–H groups in total. The highest BCUT2D eigenvalue weighted by molar-refractivity contribution is 5.99. The molecule has 0 spiro atoms. The molecular weight excluding hydrogens is 1100 g/mol. The van der Waals surface area contributed by atoms with Crippen molar-refractivity contribution in [1.29, 1.82) is 0 Å². The van der Waals surface area contributed by atoms with Gasteiger partial charge in [0, 0.05) is 55.3 Å². The summed E-state index contributed by atoms with van der Waals surface area (Å²) in [6, 6.07) is -11.2. The van der Waals surface area contributed by atoms with Crippen LogP contribution in [0.2, 0.25) is 0 Å². The summed E-state index contributed by atoms with van der Waals surface area (Å²) < 4.78 is 0. The number of hydrogen-bond acceptors (Lipinski definition) is 13. The number of nitrogens with zero attached hydrogens (tertiary/aromatic N) is 7. The fourth-order valence-corrected chi connectivity index (χ4v) is 10.3. The first kappa shape index (κ1) is 76.6. The van der Waals surface area contributed by atoms with Gasteiger partial charge < -0.3 is 66.4 Å². The molecule has 1 aliphatic heterocycles. The molecule has 1 aliphatic rings. The smallest absolute Gasteiger partial charge is 0.245 e. The predicted octanol–water partition coefficient (Wildman–Crippen LogP) is 1.33. The number of β-amino-alcohol motifs (C(OH)–C–C–N with tert-alkyl or cyclic N) is 1. The highest BCUT2D eigenvalue weighted by Crippen LogP contribution is 2.22. The van der Waals surface area contributed by atoms with Crippen molar-refractivity contribution in [2.45, 2.75) is 209 Å². The van der Waals surface area contributed by atoms with Gasteiger partial charge in [-0.2, -0.15) is 0 Å². The number of hydrogen-bond donors (Lipinski definition) is 6. The number of rotatable bonds is 18. The molecule has 0 aromatic carbocycles. The van der Waals surface area contributed by atoms with E-state index in [1.165, 1.54) is 68.8 Å². The Balaban J connectivity index is 4.29. The van der Waals surface area contributed by atoms with Crippen LogP contribution in [0, 0.1) is 35.5 Å². The maximum Gasteiger partial charge on any atom is 0.245 e. The van der Waals surface area contributed by atoms with E-state index in [2.05, 4.69) is 21.3 Å². The van der Waals surface area contributed by atoms with Gasteiger partial charge in [-0.25, -0.2) is 0 Å². The molecule has 12 amide bonds. The molecule has 25 nitrogen and oxygen atoms in total. The summed E-state index contributed by atoms with van der Waals surface area (Å²) in [5.74, 6) is -9.91. The molecule has 0 aliphatic carbocycles. The molecular formula is C60H108N12O13. The van der Waals surface area contributed by atoms with E-state index in [4.69, 9.17) is 5.73 Å². The Hall–Kier alpha value is -6.40. The zero-order valence-corrected chi connectivity index (χ0v) is 54.9. The Kier molecular flexibility index (Phi) is 32.4. The lowest BCUT2D eigenvalue weighted by molar-refractivity contribution is -0.152. The fraction of sp³-hybridized carbons (Fsp3) is 0.800. The SMILES string of the molecule is CCC[C@@H]1NC(=O)[C@H](CC(C)C)N(C)C(=O)[C@H](CC(C)C)N(C)C(=O)CN(CCO)C(=O)[C@H](CC(C)C)N(C)C(=O)[C@@H](C)NC(=O)[C@@H](CCC(N)=O)NC(=O)[C@H](CC(C)C)N(C)C(=O)[C@H](C(C)C)NC(=O)[C@H](CC(C)C)N(C)C(=O)CN(C)C1=O. The maximum absolute atomic E-state index is 14.8.